The van der Waals surface area contributed by atoms with Crippen molar-refractivity contribution in [2.75, 3.05) is 34.0 Å². The van der Waals surface area contributed by atoms with Crippen molar-refractivity contribution in [2.24, 2.45) is 0 Å². The van der Waals surface area contributed by atoms with E-state index in [0.717, 1.165) is 16.7 Å². The van der Waals surface area contributed by atoms with Crippen LogP contribution in [0.15, 0.2) is 102 Å². The third kappa shape index (κ3) is 11.8. The summed E-state index contributed by atoms with van der Waals surface area (Å²) in [7, 11) is 1.46. The zero-order valence-electron chi connectivity index (χ0n) is 39.1. The number of carbonyl (C=O) groups excluding carboxylic acids is 1. The van der Waals surface area contributed by atoms with Gasteiger partial charge in [0.2, 0.25) is 0 Å². The smallest absolute Gasteiger partial charge is 0.471 e. The zero-order valence-corrected chi connectivity index (χ0v) is 39.9. The number of nitrogens with zero attached hydrogens (tertiary/aromatic N) is 7. The molecule has 1 amide bonds. The van der Waals surface area contributed by atoms with Crippen molar-refractivity contribution in [1.82, 2.24) is 39.5 Å². The Bertz CT molecular complexity index is 2670. The van der Waals surface area contributed by atoms with Crippen LogP contribution in [0.3, 0.4) is 0 Å². The van der Waals surface area contributed by atoms with E-state index in [4.69, 9.17) is 28.0 Å². The Kier molecular flexibility index (Phi) is 16.5. The summed E-state index contributed by atoms with van der Waals surface area (Å²) in [5.74, 6) is -0.672. The molecule has 1 saturated heterocycles. The maximum absolute atomic E-state index is 14.0. The molecule has 0 bridgehead atoms. The van der Waals surface area contributed by atoms with Gasteiger partial charge in [-0.3, -0.25) is 14.0 Å². The number of aromatic nitrogens is 6. The Morgan fingerprint density at radius 3 is 2.20 bits per heavy atom. The quantitative estimate of drug-likeness (QED) is 0.0378. The fraction of sp³-hybridized carbons (Fsp3) is 0.417. The third-order valence-corrected chi connectivity index (χ3v) is 13.6. The highest BCUT2D eigenvalue weighted by molar-refractivity contribution is 7.44. The molecule has 0 saturated carbocycles. The minimum atomic E-state index is -4.96. The average molecular weight is 974 g/mol. The minimum Gasteiger partial charge on any atom is -0.497 e. The predicted molar refractivity (Wildman–Crippen MR) is 250 cm³/mol. The monoisotopic (exact) mass is 973 g/mol. The number of ether oxygens (including phenoxy) is 4. The van der Waals surface area contributed by atoms with Gasteiger partial charge in [-0.1, -0.05) is 59.8 Å². The number of hydrogen-bond donors (Lipinski definition) is 2. The van der Waals surface area contributed by atoms with E-state index in [9.17, 15) is 28.0 Å². The molecule has 0 spiro atoms. The van der Waals surface area contributed by atoms with Crippen molar-refractivity contribution in [3.05, 3.63) is 124 Å². The number of rotatable bonds is 22. The summed E-state index contributed by atoms with van der Waals surface area (Å²) in [5, 5.41) is 20.1. The number of alkyl halides is 3. The van der Waals surface area contributed by atoms with Crippen molar-refractivity contribution in [2.45, 2.75) is 95.8 Å². The molecular weight excluding hydrogens is 919 g/mol. The first-order valence-electron chi connectivity index (χ1n) is 22.4. The first kappa shape index (κ1) is 50.7. The molecule has 366 valence electrons. The lowest BCUT2D eigenvalue weighted by molar-refractivity contribution is -0.173. The Balaban J connectivity index is 1.23. The third-order valence-electron chi connectivity index (χ3n) is 11.5. The van der Waals surface area contributed by atoms with Gasteiger partial charge in [0.1, 0.15) is 40.8 Å². The molecule has 3 aromatic heterocycles. The van der Waals surface area contributed by atoms with Gasteiger partial charge in [-0.25, -0.2) is 9.46 Å². The number of methoxy groups -OCH3 is 2. The van der Waals surface area contributed by atoms with E-state index >= 15 is 0 Å². The SMILES string of the molecule is COc1ccc(C(OC[C@H]2O[C@@H](n3cc4cc(-c5cn(CCCNC(=O)C(F)(F)F)nn5)[nH]c4nc3=O)C[C@@H]2OP(OCCC#N)N(C(C)C)C(C)C)(c2ccccc2)c2ccc(OC)cc2)cc1. The Labute approximate surface area is 398 Å². The van der Waals surface area contributed by atoms with Gasteiger partial charge >= 0.3 is 17.8 Å². The number of hydrogen-bond acceptors (Lipinski definition) is 13. The van der Waals surface area contributed by atoms with Gasteiger partial charge in [0.15, 0.2) is 0 Å². The molecule has 21 heteroatoms. The maximum atomic E-state index is 14.0. The van der Waals surface area contributed by atoms with Crippen molar-refractivity contribution in [3.63, 3.8) is 0 Å². The summed E-state index contributed by atoms with van der Waals surface area (Å²) in [6.45, 7) is 8.30. The first-order valence-corrected chi connectivity index (χ1v) is 23.5. The number of fused-ring (bicyclic) bond motifs is 1. The Morgan fingerprint density at radius 1 is 0.971 bits per heavy atom. The zero-order chi connectivity index (χ0) is 49.3. The van der Waals surface area contributed by atoms with Gasteiger partial charge in [0.25, 0.3) is 8.53 Å². The summed E-state index contributed by atoms with van der Waals surface area (Å²) in [5.41, 5.74) is 1.82. The van der Waals surface area contributed by atoms with Gasteiger partial charge in [0, 0.05) is 43.2 Å². The van der Waals surface area contributed by atoms with Crippen LogP contribution < -0.4 is 20.5 Å². The lowest BCUT2D eigenvalue weighted by Crippen LogP contribution is -2.39. The standard InChI is InChI=1S/C48H55F3N9O8P/c1-31(2)60(32(3)4)69(66-25-10-22-52)68-41-27-43(59-28-33-26-39(54-44(33)55-46(59)62)40-29-58(57-56-40)24-11-23-53-45(61)48(49,50)51)67-42(41)30-65-47(34-12-8-7-9-13-34,35-14-18-37(63-5)19-15-35)36-16-20-38(64-6)21-17-36/h7-9,12-21,26,28-29,31-32,41-43H,10-11,23-25,27,30H2,1-6H3,(H,53,61)(H,54,55,62)/t41-,42+,43+,69?/m0/s1. The van der Waals surface area contributed by atoms with Gasteiger partial charge in [0.05, 0.1) is 57.9 Å². The van der Waals surface area contributed by atoms with E-state index in [2.05, 4.69) is 58.7 Å². The molecule has 0 aliphatic carbocycles. The molecule has 1 fully saturated rings. The number of aromatic amines is 1. The fourth-order valence-electron chi connectivity index (χ4n) is 8.25. The fourth-order valence-corrected chi connectivity index (χ4v) is 10.0. The van der Waals surface area contributed by atoms with Crippen LogP contribution in [0, 0.1) is 11.3 Å². The van der Waals surface area contributed by atoms with Crippen LogP contribution in [0.4, 0.5) is 13.2 Å². The molecule has 0 radical (unpaired) electrons. The van der Waals surface area contributed by atoms with Gasteiger partial charge in [-0.2, -0.15) is 23.4 Å². The van der Waals surface area contributed by atoms with Crippen molar-refractivity contribution in [3.8, 4) is 29.0 Å². The molecule has 6 aromatic rings. The number of aryl methyl sites for hydroxylation is 1. The minimum absolute atomic E-state index is 0.00597. The number of benzene rings is 3. The van der Waals surface area contributed by atoms with Crippen LogP contribution in [-0.4, -0.2) is 105 Å². The molecule has 1 aliphatic rings. The Morgan fingerprint density at radius 2 is 1.61 bits per heavy atom. The lowest BCUT2D eigenvalue weighted by atomic mass is 9.80. The van der Waals surface area contributed by atoms with Crippen LogP contribution >= 0.6 is 8.53 Å². The number of H-pyrrole nitrogens is 1. The molecule has 4 atom stereocenters. The number of nitrogens with one attached hydrogen (secondary N) is 2. The van der Waals surface area contributed by atoms with Crippen molar-refractivity contribution >= 4 is 25.5 Å². The number of amides is 1. The highest BCUT2D eigenvalue weighted by Gasteiger charge is 2.45. The second-order valence-electron chi connectivity index (χ2n) is 16.8. The van der Waals surface area contributed by atoms with Crippen LogP contribution in [0.25, 0.3) is 22.4 Å². The van der Waals surface area contributed by atoms with Gasteiger partial charge in [-0.15, -0.1) is 5.10 Å². The van der Waals surface area contributed by atoms with E-state index in [0.29, 0.717) is 28.3 Å². The van der Waals surface area contributed by atoms with Crippen LogP contribution in [0.1, 0.15) is 69.9 Å². The summed E-state index contributed by atoms with van der Waals surface area (Å²) in [4.78, 5) is 32.6. The molecule has 69 heavy (non-hydrogen) atoms. The molecule has 2 N–H and O–H groups in total. The second kappa shape index (κ2) is 22.5. The molecule has 3 aromatic carbocycles. The summed E-state index contributed by atoms with van der Waals surface area (Å²) in [6, 6.07) is 29.1. The highest BCUT2D eigenvalue weighted by atomic mass is 31.2. The summed E-state index contributed by atoms with van der Waals surface area (Å²) in [6.07, 6.45) is -3.53. The maximum Gasteiger partial charge on any atom is 0.471 e. The van der Waals surface area contributed by atoms with Gasteiger partial charge < -0.3 is 38.3 Å². The first-order chi connectivity index (χ1) is 33.1. The molecule has 17 nitrogen and oxygen atoms in total. The topological polar surface area (TPSA) is 193 Å². The lowest BCUT2D eigenvalue weighted by Gasteiger charge is -2.39. The summed E-state index contributed by atoms with van der Waals surface area (Å²) < 4.78 is 81.3. The highest BCUT2D eigenvalue weighted by Crippen LogP contribution is 2.51. The molecular formula is C48H55F3N9O8P. The predicted octanol–water partition coefficient (Wildman–Crippen LogP) is 8.03. The normalized spacial score (nSPS) is 16.9. The molecule has 4 heterocycles. The van der Waals surface area contributed by atoms with Crippen molar-refractivity contribution < 1.29 is 46.0 Å². The van der Waals surface area contributed by atoms with Crippen molar-refractivity contribution in [1.29, 1.82) is 5.26 Å². The number of nitriles is 1. The second-order valence-corrected chi connectivity index (χ2v) is 18.2. The van der Waals surface area contributed by atoms with Gasteiger partial charge in [-0.05, 0) is 81.1 Å². The van der Waals surface area contributed by atoms with Crippen LogP contribution in [-0.2, 0) is 35.5 Å². The van der Waals surface area contributed by atoms with E-state index < -0.39 is 50.3 Å². The average Bonchev–Trinajstić information content (AvgIpc) is 4.09. The molecule has 1 unspecified atom stereocenters. The van der Waals surface area contributed by atoms with E-state index in [-0.39, 0.29) is 63.3 Å². The van der Waals surface area contributed by atoms with E-state index in [1.165, 1.54) is 9.25 Å². The number of halogens is 3. The van der Waals surface area contributed by atoms with Crippen LogP contribution in [0.5, 0.6) is 11.5 Å². The Hall–Kier alpha value is -6.20. The summed E-state index contributed by atoms with van der Waals surface area (Å²) >= 11 is 0. The van der Waals surface area contributed by atoms with Crippen LogP contribution in [0.2, 0.25) is 0 Å². The van der Waals surface area contributed by atoms with E-state index in [1.54, 1.807) is 32.7 Å². The largest absolute Gasteiger partial charge is 0.497 e. The molecule has 7 rings (SSSR count). The number of carbonyl (C=O) groups is 1. The van der Waals surface area contributed by atoms with E-state index in [1.807, 2.05) is 84.2 Å². The molecule has 1 aliphatic heterocycles.